The van der Waals surface area contributed by atoms with Crippen LogP contribution in [0.1, 0.15) is 17.3 Å². The average Bonchev–Trinajstić information content (AvgIpc) is 2.67. The van der Waals surface area contributed by atoms with Crippen molar-refractivity contribution < 1.29 is 22.4 Å². The lowest BCUT2D eigenvalue weighted by molar-refractivity contribution is 0.0525. The predicted octanol–water partition coefficient (Wildman–Crippen LogP) is 0.364. The zero-order valence-electron chi connectivity index (χ0n) is 8.31. The van der Waals surface area contributed by atoms with Gasteiger partial charge in [-0.2, -0.15) is 0 Å². The number of ether oxygens (including phenoxy) is 1. The van der Waals surface area contributed by atoms with Gasteiger partial charge in [0.15, 0.2) is 0 Å². The number of esters is 1. The van der Waals surface area contributed by atoms with Crippen molar-refractivity contribution in [3.8, 4) is 0 Å². The summed E-state index contributed by atoms with van der Waals surface area (Å²) in [5.41, 5.74) is 0.0747. The Bertz CT molecular complexity index is 447. The van der Waals surface area contributed by atoms with Gasteiger partial charge in [0.1, 0.15) is 6.26 Å². The first kappa shape index (κ1) is 11.7. The van der Waals surface area contributed by atoms with Gasteiger partial charge in [-0.05, 0) is 14.0 Å². The number of carbonyl (C=O) groups is 1. The molecule has 1 aromatic heterocycles. The fraction of sp³-hybridized carbons (Fsp3) is 0.375. The largest absolute Gasteiger partial charge is 0.462 e. The molecule has 0 amide bonds. The molecule has 7 heteroatoms. The molecule has 1 rings (SSSR count). The summed E-state index contributed by atoms with van der Waals surface area (Å²) in [5, 5.41) is -0.312. The highest BCUT2D eigenvalue weighted by molar-refractivity contribution is 7.89. The van der Waals surface area contributed by atoms with E-state index < -0.39 is 16.0 Å². The molecule has 0 atom stereocenters. The minimum Gasteiger partial charge on any atom is -0.462 e. The first-order chi connectivity index (χ1) is 7.01. The van der Waals surface area contributed by atoms with Crippen molar-refractivity contribution in [3.63, 3.8) is 0 Å². The number of carbonyl (C=O) groups excluding carboxylic acids is 1. The van der Waals surface area contributed by atoms with E-state index in [9.17, 15) is 13.2 Å². The molecule has 0 bridgehead atoms. The van der Waals surface area contributed by atoms with Crippen LogP contribution in [0.25, 0.3) is 0 Å². The highest BCUT2D eigenvalue weighted by Gasteiger charge is 2.19. The van der Waals surface area contributed by atoms with Crippen molar-refractivity contribution >= 4 is 16.0 Å². The Hall–Kier alpha value is -1.34. The number of rotatable bonds is 4. The predicted molar refractivity (Wildman–Crippen MR) is 50.9 cm³/mol. The minimum atomic E-state index is -3.65. The monoisotopic (exact) mass is 233 g/mol. The third-order valence-electron chi connectivity index (χ3n) is 1.62. The summed E-state index contributed by atoms with van der Waals surface area (Å²) in [6, 6.07) is 1.11. The molecule has 1 heterocycles. The maximum Gasteiger partial charge on any atom is 0.341 e. The van der Waals surface area contributed by atoms with Gasteiger partial charge in [-0.15, -0.1) is 0 Å². The van der Waals surface area contributed by atoms with Crippen LogP contribution in [0, 0.1) is 0 Å². The second-order valence-corrected chi connectivity index (χ2v) is 4.40. The van der Waals surface area contributed by atoms with Crippen LogP contribution >= 0.6 is 0 Å². The summed E-state index contributed by atoms with van der Waals surface area (Å²) < 4.78 is 34.0. The zero-order valence-corrected chi connectivity index (χ0v) is 9.13. The van der Waals surface area contributed by atoms with Gasteiger partial charge in [-0.25, -0.2) is 17.9 Å². The molecule has 0 fully saturated rings. The normalized spacial score (nSPS) is 11.3. The average molecular weight is 233 g/mol. The van der Waals surface area contributed by atoms with E-state index in [0.29, 0.717) is 0 Å². The van der Waals surface area contributed by atoms with Gasteiger partial charge in [0.25, 0.3) is 10.0 Å². The lowest BCUT2D eigenvalue weighted by Gasteiger charge is -1.96. The van der Waals surface area contributed by atoms with Crippen LogP contribution in [-0.2, 0) is 14.8 Å². The third-order valence-corrected chi connectivity index (χ3v) is 2.90. The summed E-state index contributed by atoms with van der Waals surface area (Å²) in [6.45, 7) is 1.88. The lowest BCUT2D eigenvalue weighted by Crippen LogP contribution is -2.17. The zero-order chi connectivity index (χ0) is 11.5. The van der Waals surface area contributed by atoms with E-state index in [0.717, 1.165) is 12.3 Å². The molecule has 0 aromatic carbocycles. The molecular formula is C8H11NO5S. The maximum absolute atomic E-state index is 11.2. The van der Waals surface area contributed by atoms with Crippen LogP contribution in [0.4, 0.5) is 0 Å². The standard InChI is InChI=1S/C8H11NO5S/c1-3-13-8(10)6-4-7(14-5-6)15(11,12)9-2/h4-5,9H,3H2,1-2H3. The van der Waals surface area contributed by atoms with Gasteiger partial charge < -0.3 is 9.15 Å². The van der Waals surface area contributed by atoms with Gasteiger partial charge in [-0.3, -0.25) is 0 Å². The maximum atomic E-state index is 11.2. The Morgan fingerprint density at radius 2 is 2.27 bits per heavy atom. The molecule has 0 radical (unpaired) electrons. The molecule has 0 aliphatic rings. The molecule has 0 aliphatic carbocycles. The summed E-state index contributed by atoms with van der Waals surface area (Å²) in [6.07, 6.45) is 1.04. The quantitative estimate of drug-likeness (QED) is 0.759. The second kappa shape index (κ2) is 4.45. The van der Waals surface area contributed by atoms with Crippen molar-refractivity contribution in [2.24, 2.45) is 0 Å². The number of hydrogen-bond donors (Lipinski definition) is 1. The molecule has 1 N–H and O–H groups in total. The molecule has 84 valence electrons. The molecular weight excluding hydrogens is 222 g/mol. The van der Waals surface area contributed by atoms with Gasteiger partial charge in [0, 0.05) is 6.07 Å². The van der Waals surface area contributed by atoms with E-state index in [1.54, 1.807) is 6.92 Å². The number of sulfonamides is 1. The van der Waals surface area contributed by atoms with Crippen LogP contribution in [-0.4, -0.2) is 28.0 Å². The van der Waals surface area contributed by atoms with E-state index in [4.69, 9.17) is 4.42 Å². The SMILES string of the molecule is CCOC(=O)c1coc(S(=O)(=O)NC)c1. The third kappa shape index (κ3) is 2.57. The van der Waals surface area contributed by atoms with Crippen molar-refractivity contribution in [2.75, 3.05) is 13.7 Å². The highest BCUT2D eigenvalue weighted by atomic mass is 32.2. The molecule has 0 aliphatic heterocycles. The van der Waals surface area contributed by atoms with Crippen molar-refractivity contribution in [2.45, 2.75) is 12.0 Å². The Morgan fingerprint density at radius 1 is 1.60 bits per heavy atom. The number of hydrogen-bond acceptors (Lipinski definition) is 5. The van der Waals surface area contributed by atoms with E-state index in [-0.39, 0.29) is 17.3 Å². The minimum absolute atomic E-state index is 0.0747. The molecule has 15 heavy (non-hydrogen) atoms. The fourth-order valence-electron chi connectivity index (χ4n) is 0.880. The van der Waals surface area contributed by atoms with Crippen molar-refractivity contribution in [1.82, 2.24) is 4.72 Å². The van der Waals surface area contributed by atoms with Crippen molar-refractivity contribution in [1.29, 1.82) is 0 Å². The first-order valence-corrected chi connectivity index (χ1v) is 5.68. The van der Waals surface area contributed by atoms with Gasteiger partial charge in [0.2, 0.25) is 5.09 Å². The molecule has 6 nitrogen and oxygen atoms in total. The van der Waals surface area contributed by atoms with Gasteiger partial charge in [-0.1, -0.05) is 0 Å². The van der Waals surface area contributed by atoms with Crippen LogP contribution in [0.2, 0.25) is 0 Å². The van der Waals surface area contributed by atoms with Crippen molar-refractivity contribution in [3.05, 3.63) is 17.9 Å². The van der Waals surface area contributed by atoms with E-state index in [1.807, 2.05) is 0 Å². The van der Waals surface area contributed by atoms with Gasteiger partial charge >= 0.3 is 5.97 Å². The molecule has 1 aromatic rings. The van der Waals surface area contributed by atoms with Crippen LogP contribution in [0.15, 0.2) is 21.8 Å². The van der Waals surface area contributed by atoms with Crippen LogP contribution in [0.3, 0.4) is 0 Å². The Kier molecular flexibility index (Phi) is 3.48. The van der Waals surface area contributed by atoms with Crippen LogP contribution < -0.4 is 4.72 Å². The van der Waals surface area contributed by atoms with Crippen LogP contribution in [0.5, 0.6) is 0 Å². The first-order valence-electron chi connectivity index (χ1n) is 4.20. The number of furan rings is 1. The lowest BCUT2D eigenvalue weighted by atomic mass is 10.3. The van der Waals surface area contributed by atoms with E-state index in [1.165, 1.54) is 7.05 Å². The summed E-state index contributed by atoms with van der Waals surface area (Å²) in [7, 11) is -2.40. The Morgan fingerprint density at radius 3 is 2.80 bits per heavy atom. The Balaban J connectivity index is 2.95. The summed E-state index contributed by atoms with van der Waals surface area (Å²) in [4.78, 5) is 11.2. The number of nitrogens with one attached hydrogen (secondary N) is 1. The van der Waals surface area contributed by atoms with E-state index >= 15 is 0 Å². The summed E-state index contributed by atoms with van der Waals surface area (Å²) in [5.74, 6) is -0.612. The molecule has 0 saturated heterocycles. The topological polar surface area (TPSA) is 85.6 Å². The fourth-order valence-corrected chi connectivity index (χ4v) is 1.54. The van der Waals surface area contributed by atoms with Gasteiger partial charge in [0.05, 0.1) is 12.2 Å². The Labute approximate surface area is 87.3 Å². The highest BCUT2D eigenvalue weighted by Crippen LogP contribution is 2.14. The van der Waals surface area contributed by atoms with E-state index in [2.05, 4.69) is 9.46 Å². The molecule has 0 unspecified atom stereocenters. The smallest absolute Gasteiger partial charge is 0.341 e. The second-order valence-electron chi connectivity index (χ2n) is 2.58. The molecule has 0 spiro atoms. The summed E-state index contributed by atoms with van der Waals surface area (Å²) >= 11 is 0. The molecule has 0 saturated carbocycles.